The molecule has 5 heteroatoms. The van der Waals surface area contributed by atoms with Crippen molar-refractivity contribution in [1.82, 2.24) is 10.3 Å². The van der Waals surface area contributed by atoms with Gasteiger partial charge in [0.2, 0.25) is 0 Å². The highest BCUT2D eigenvalue weighted by atomic mass is 16.2. The van der Waals surface area contributed by atoms with Gasteiger partial charge in [-0.15, -0.1) is 0 Å². The molecule has 0 unspecified atom stereocenters. The van der Waals surface area contributed by atoms with E-state index in [0.29, 0.717) is 11.1 Å². The first-order chi connectivity index (χ1) is 11.2. The van der Waals surface area contributed by atoms with Crippen LogP contribution in [-0.2, 0) is 6.42 Å². The number of benzene rings is 1. The Morgan fingerprint density at radius 1 is 1.09 bits per heavy atom. The first-order valence-corrected chi connectivity index (χ1v) is 7.82. The zero-order valence-corrected chi connectivity index (χ0v) is 13.0. The van der Waals surface area contributed by atoms with E-state index in [2.05, 4.69) is 22.5 Å². The molecule has 0 spiro atoms. The number of hydrogen-bond donors (Lipinski definition) is 2. The summed E-state index contributed by atoms with van der Waals surface area (Å²) in [6.45, 7) is 2.08. The number of anilines is 1. The van der Waals surface area contributed by atoms with E-state index in [4.69, 9.17) is 0 Å². The molecule has 23 heavy (non-hydrogen) atoms. The molecule has 0 saturated heterocycles. The Morgan fingerprint density at radius 2 is 1.74 bits per heavy atom. The first kappa shape index (κ1) is 15.2. The molecule has 1 aliphatic rings. The standard InChI is InChI=1S/C18H19N3O2/c1-2-12-3-5-15(6-4-12)20-17(22)13-9-14(11-19-10-13)18(23)21-16-7-8-16/h3-6,9-11,16H,2,7-8H2,1H3,(H,20,22)(H,21,23). The number of hydrogen-bond acceptors (Lipinski definition) is 3. The van der Waals surface area contributed by atoms with Crippen molar-refractivity contribution in [3.63, 3.8) is 0 Å². The van der Waals surface area contributed by atoms with E-state index in [1.807, 2.05) is 24.3 Å². The second-order valence-electron chi connectivity index (χ2n) is 5.71. The fourth-order valence-electron chi connectivity index (χ4n) is 2.21. The number of aromatic nitrogens is 1. The monoisotopic (exact) mass is 309 g/mol. The van der Waals surface area contributed by atoms with Crippen LogP contribution in [0.5, 0.6) is 0 Å². The molecule has 0 atom stereocenters. The molecule has 1 heterocycles. The lowest BCUT2D eigenvalue weighted by molar-refractivity contribution is 0.0950. The van der Waals surface area contributed by atoms with E-state index in [9.17, 15) is 9.59 Å². The van der Waals surface area contributed by atoms with Crippen molar-refractivity contribution >= 4 is 17.5 Å². The average molecular weight is 309 g/mol. The van der Waals surface area contributed by atoms with E-state index >= 15 is 0 Å². The van der Waals surface area contributed by atoms with Gasteiger partial charge in [-0.25, -0.2) is 0 Å². The Kier molecular flexibility index (Phi) is 4.37. The van der Waals surface area contributed by atoms with Crippen LogP contribution in [0.4, 0.5) is 5.69 Å². The molecular formula is C18H19N3O2. The Morgan fingerprint density at radius 3 is 2.35 bits per heavy atom. The molecule has 0 radical (unpaired) electrons. The summed E-state index contributed by atoms with van der Waals surface area (Å²) in [6.07, 6.45) is 5.94. The number of pyridine rings is 1. The van der Waals surface area contributed by atoms with Crippen LogP contribution in [0.15, 0.2) is 42.7 Å². The molecule has 2 aromatic rings. The van der Waals surface area contributed by atoms with Crippen LogP contribution < -0.4 is 10.6 Å². The topological polar surface area (TPSA) is 71.1 Å². The SMILES string of the molecule is CCc1ccc(NC(=O)c2cncc(C(=O)NC3CC3)c2)cc1. The smallest absolute Gasteiger partial charge is 0.257 e. The van der Waals surface area contributed by atoms with Crippen molar-refractivity contribution in [1.29, 1.82) is 0 Å². The number of amides is 2. The largest absolute Gasteiger partial charge is 0.349 e. The number of rotatable bonds is 5. The van der Waals surface area contributed by atoms with Gasteiger partial charge in [0.1, 0.15) is 0 Å². The van der Waals surface area contributed by atoms with Crippen LogP contribution in [0.25, 0.3) is 0 Å². The molecule has 118 valence electrons. The third-order valence-electron chi connectivity index (χ3n) is 3.80. The van der Waals surface area contributed by atoms with Gasteiger partial charge < -0.3 is 10.6 Å². The number of carbonyl (C=O) groups is 2. The minimum atomic E-state index is -0.275. The van der Waals surface area contributed by atoms with Crippen LogP contribution in [0.3, 0.4) is 0 Å². The molecule has 1 aromatic heterocycles. The maximum absolute atomic E-state index is 12.3. The van der Waals surface area contributed by atoms with Gasteiger partial charge >= 0.3 is 0 Å². The van der Waals surface area contributed by atoms with Gasteiger partial charge in [0.15, 0.2) is 0 Å². The summed E-state index contributed by atoms with van der Waals surface area (Å²) in [6, 6.07) is 9.54. The van der Waals surface area contributed by atoms with Gasteiger partial charge in [0.25, 0.3) is 11.8 Å². The molecule has 5 nitrogen and oxygen atoms in total. The van der Waals surface area contributed by atoms with Crippen molar-refractivity contribution in [3.8, 4) is 0 Å². The predicted octanol–water partition coefficient (Wildman–Crippen LogP) is 2.79. The molecular weight excluding hydrogens is 290 g/mol. The van der Waals surface area contributed by atoms with Gasteiger partial charge in [0, 0.05) is 24.1 Å². The van der Waals surface area contributed by atoms with Gasteiger partial charge in [0.05, 0.1) is 11.1 Å². The second kappa shape index (κ2) is 6.60. The van der Waals surface area contributed by atoms with Crippen molar-refractivity contribution in [2.45, 2.75) is 32.2 Å². The van der Waals surface area contributed by atoms with Crippen LogP contribution >= 0.6 is 0 Å². The lowest BCUT2D eigenvalue weighted by Crippen LogP contribution is -2.26. The number of aryl methyl sites for hydroxylation is 1. The Hall–Kier alpha value is -2.69. The average Bonchev–Trinajstić information content (AvgIpc) is 3.39. The van der Waals surface area contributed by atoms with Crippen LogP contribution in [-0.4, -0.2) is 22.8 Å². The van der Waals surface area contributed by atoms with E-state index in [0.717, 1.165) is 24.9 Å². The van der Waals surface area contributed by atoms with Gasteiger partial charge in [-0.05, 0) is 43.0 Å². The highest BCUT2D eigenvalue weighted by molar-refractivity contribution is 6.05. The van der Waals surface area contributed by atoms with E-state index in [1.54, 1.807) is 6.07 Å². The fraction of sp³-hybridized carbons (Fsp3) is 0.278. The number of carbonyl (C=O) groups excluding carboxylic acids is 2. The molecule has 1 aliphatic carbocycles. The lowest BCUT2D eigenvalue weighted by Gasteiger charge is -2.07. The number of nitrogens with one attached hydrogen (secondary N) is 2. The summed E-state index contributed by atoms with van der Waals surface area (Å²) in [4.78, 5) is 28.3. The Bertz CT molecular complexity index is 721. The predicted molar refractivity (Wildman–Crippen MR) is 88.5 cm³/mol. The summed E-state index contributed by atoms with van der Waals surface area (Å²) < 4.78 is 0. The normalized spacial score (nSPS) is 13.4. The molecule has 2 N–H and O–H groups in total. The maximum Gasteiger partial charge on any atom is 0.257 e. The number of nitrogens with zero attached hydrogens (tertiary/aromatic N) is 1. The molecule has 2 amide bonds. The maximum atomic E-state index is 12.3. The Balaban J connectivity index is 1.69. The van der Waals surface area contributed by atoms with Crippen molar-refractivity contribution in [3.05, 3.63) is 59.4 Å². The van der Waals surface area contributed by atoms with Crippen molar-refractivity contribution in [2.24, 2.45) is 0 Å². The molecule has 1 saturated carbocycles. The second-order valence-corrected chi connectivity index (χ2v) is 5.71. The lowest BCUT2D eigenvalue weighted by atomic mass is 10.1. The van der Waals surface area contributed by atoms with Crippen molar-refractivity contribution in [2.75, 3.05) is 5.32 Å². The molecule has 0 bridgehead atoms. The van der Waals surface area contributed by atoms with E-state index in [1.165, 1.54) is 18.0 Å². The molecule has 1 aromatic carbocycles. The van der Waals surface area contributed by atoms with Gasteiger partial charge in [-0.2, -0.15) is 0 Å². The third kappa shape index (κ3) is 3.94. The quantitative estimate of drug-likeness (QED) is 0.892. The summed E-state index contributed by atoms with van der Waals surface area (Å²) in [5.41, 5.74) is 2.71. The highest BCUT2D eigenvalue weighted by Crippen LogP contribution is 2.19. The van der Waals surface area contributed by atoms with Gasteiger partial charge in [-0.1, -0.05) is 19.1 Å². The summed E-state index contributed by atoms with van der Waals surface area (Å²) in [5, 5.41) is 5.71. The van der Waals surface area contributed by atoms with Crippen molar-refractivity contribution < 1.29 is 9.59 Å². The minimum absolute atomic E-state index is 0.179. The first-order valence-electron chi connectivity index (χ1n) is 7.82. The molecule has 1 fully saturated rings. The highest BCUT2D eigenvalue weighted by Gasteiger charge is 2.24. The molecule has 0 aliphatic heterocycles. The zero-order valence-electron chi connectivity index (χ0n) is 13.0. The zero-order chi connectivity index (χ0) is 16.2. The summed E-state index contributed by atoms with van der Waals surface area (Å²) >= 11 is 0. The summed E-state index contributed by atoms with van der Waals surface area (Å²) in [7, 11) is 0. The van der Waals surface area contributed by atoms with Crippen LogP contribution in [0.2, 0.25) is 0 Å². The third-order valence-corrected chi connectivity index (χ3v) is 3.80. The van der Waals surface area contributed by atoms with Gasteiger partial charge in [-0.3, -0.25) is 14.6 Å². The summed E-state index contributed by atoms with van der Waals surface area (Å²) in [5.74, 6) is -0.454. The van der Waals surface area contributed by atoms with Crippen LogP contribution in [0.1, 0.15) is 46.0 Å². The molecule has 3 rings (SSSR count). The van der Waals surface area contributed by atoms with E-state index in [-0.39, 0.29) is 17.9 Å². The Labute approximate surface area is 135 Å². The van der Waals surface area contributed by atoms with E-state index < -0.39 is 0 Å². The van der Waals surface area contributed by atoms with Crippen LogP contribution in [0, 0.1) is 0 Å². The fourth-order valence-corrected chi connectivity index (χ4v) is 2.21. The minimum Gasteiger partial charge on any atom is -0.349 e.